The van der Waals surface area contributed by atoms with Crippen LogP contribution in [0.4, 0.5) is 0 Å². The van der Waals surface area contributed by atoms with E-state index in [9.17, 15) is 5.11 Å². The van der Waals surface area contributed by atoms with Crippen molar-refractivity contribution in [3.8, 4) is 5.75 Å². The molecule has 0 spiro atoms. The molecule has 112 valence electrons. The van der Waals surface area contributed by atoms with Crippen molar-refractivity contribution in [3.63, 3.8) is 0 Å². The smallest absolute Gasteiger partial charge is 1.00 e. The maximum Gasteiger partial charge on any atom is 2.00 e. The molecule has 0 fully saturated rings. The van der Waals surface area contributed by atoms with Gasteiger partial charge in [-0.1, -0.05) is 82.9 Å². The number of hydrogen-bond acceptors (Lipinski definition) is 1. The van der Waals surface area contributed by atoms with E-state index in [4.69, 9.17) is 0 Å². The zero-order valence-electron chi connectivity index (χ0n) is 15.2. The van der Waals surface area contributed by atoms with Crippen molar-refractivity contribution >= 4 is 37.7 Å². The van der Waals surface area contributed by atoms with E-state index < -0.39 is 0 Å². The molecule has 0 heterocycles. The van der Waals surface area contributed by atoms with Crippen LogP contribution in [0, 0.1) is 0 Å². The molecule has 0 aliphatic carbocycles. The molecule has 0 radical (unpaired) electrons. The van der Waals surface area contributed by atoms with Crippen molar-refractivity contribution < 1.29 is 7.96 Å². The molecule has 20 heavy (non-hydrogen) atoms. The van der Waals surface area contributed by atoms with E-state index in [1.807, 2.05) is 18.2 Å². The number of rotatable bonds is 11. The summed E-state index contributed by atoms with van der Waals surface area (Å²) in [5.74, 6) is 0.457. The second-order valence-corrected chi connectivity index (χ2v) is 5.56. The fourth-order valence-corrected chi connectivity index (χ4v) is 2.53. The van der Waals surface area contributed by atoms with Gasteiger partial charge in [0.05, 0.1) is 0 Å². The fourth-order valence-electron chi connectivity index (χ4n) is 2.53. The second-order valence-electron chi connectivity index (χ2n) is 5.56. The Morgan fingerprint density at radius 2 is 1.30 bits per heavy atom. The first-order valence-corrected chi connectivity index (χ1v) is 8.11. The average molecular weight is 305 g/mol. The third kappa shape index (κ3) is 10.1. The molecule has 0 aliphatic heterocycles. The van der Waals surface area contributed by atoms with Gasteiger partial charge in [-0.2, -0.15) is 0 Å². The monoisotopic (exact) mass is 304 g/mol. The Morgan fingerprint density at radius 1 is 0.800 bits per heavy atom. The predicted molar refractivity (Wildman–Crippen MR) is 91.6 cm³/mol. The van der Waals surface area contributed by atoms with E-state index in [1.165, 1.54) is 64.2 Å². The summed E-state index contributed by atoms with van der Waals surface area (Å²) in [6.07, 6.45) is 14.6. The first kappa shape index (κ1) is 20.3. The third-order valence-electron chi connectivity index (χ3n) is 3.79. The molecule has 0 saturated carbocycles. The van der Waals surface area contributed by atoms with Crippen molar-refractivity contribution in [3.05, 3.63) is 29.8 Å². The van der Waals surface area contributed by atoms with Crippen LogP contribution in [0.2, 0.25) is 0 Å². The van der Waals surface area contributed by atoms with Crippen LogP contribution in [0.3, 0.4) is 0 Å². The number of phenols is 1. The standard InChI is InChI=1S/C18H30O.Ca.2H/c1-2-3-4-5-6-7-8-9-10-11-14-17-15-12-13-16-18(17)19;;;/h12-13,15-16,19H,2-11,14H2,1H3;;;/q;+2;2*-1. The molecule has 0 aromatic heterocycles. The number of hydrogen-bond donors (Lipinski definition) is 1. The predicted octanol–water partition coefficient (Wildman–Crippen LogP) is 5.70. The number of aromatic hydroxyl groups is 1. The van der Waals surface area contributed by atoms with Crippen LogP contribution in [-0.2, 0) is 6.42 Å². The molecular weight excluding hydrogens is 272 g/mol. The number of phenolic OH excluding ortho intramolecular Hbond substituents is 1. The quantitative estimate of drug-likeness (QED) is 0.411. The van der Waals surface area contributed by atoms with E-state index in [0.29, 0.717) is 5.75 Å². The minimum Gasteiger partial charge on any atom is -1.00 e. The molecule has 0 bridgehead atoms. The Bertz CT molecular complexity index is 335. The van der Waals surface area contributed by atoms with Gasteiger partial charge in [0, 0.05) is 0 Å². The normalized spacial score (nSPS) is 10.2. The first-order chi connectivity index (χ1) is 9.34. The summed E-state index contributed by atoms with van der Waals surface area (Å²) in [4.78, 5) is 0. The molecule has 0 unspecified atom stereocenters. The van der Waals surface area contributed by atoms with Crippen molar-refractivity contribution in [1.29, 1.82) is 0 Å². The summed E-state index contributed by atoms with van der Waals surface area (Å²) in [6, 6.07) is 7.71. The van der Waals surface area contributed by atoms with Crippen LogP contribution >= 0.6 is 0 Å². The van der Waals surface area contributed by atoms with Crippen molar-refractivity contribution in [2.24, 2.45) is 0 Å². The van der Waals surface area contributed by atoms with E-state index in [0.717, 1.165) is 12.0 Å². The Hall–Kier alpha value is 0.280. The van der Waals surface area contributed by atoms with Crippen LogP contribution in [0.5, 0.6) is 5.75 Å². The van der Waals surface area contributed by atoms with Crippen molar-refractivity contribution in [1.82, 2.24) is 0 Å². The summed E-state index contributed by atoms with van der Waals surface area (Å²) in [5, 5.41) is 9.65. The minimum atomic E-state index is 0. The van der Waals surface area contributed by atoms with Gasteiger partial charge in [0.1, 0.15) is 5.75 Å². The maximum atomic E-state index is 9.65. The molecule has 1 nitrogen and oxygen atoms in total. The van der Waals surface area contributed by atoms with Crippen LogP contribution in [0.1, 0.15) is 79.5 Å². The molecule has 0 atom stereocenters. The zero-order chi connectivity index (χ0) is 13.8. The van der Waals surface area contributed by atoms with Crippen molar-refractivity contribution in [2.75, 3.05) is 0 Å². The van der Waals surface area contributed by atoms with Crippen LogP contribution in [0.15, 0.2) is 24.3 Å². The Morgan fingerprint density at radius 3 is 1.85 bits per heavy atom. The van der Waals surface area contributed by atoms with Gasteiger partial charge >= 0.3 is 37.7 Å². The molecule has 1 N–H and O–H groups in total. The largest absolute Gasteiger partial charge is 2.00 e. The summed E-state index contributed by atoms with van der Waals surface area (Å²) < 4.78 is 0. The van der Waals surface area contributed by atoms with Gasteiger partial charge in [-0.15, -0.1) is 0 Å². The van der Waals surface area contributed by atoms with E-state index in [1.54, 1.807) is 6.07 Å². The molecule has 1 rings (SSSR count). The average Bonchev–Trinajstić information content (AvgIpc) is 2.43. The molecule has 0 saturated heterocycles. The van der Waals surface area contributed by atoms with Crippen molar-refractivity contribution in [2.45, 2.75) is 77.6 Å². The van der Waals surface area contributed by atoms with Gasteiger partial charge in [-0.05, 0) is 24.5 Å². The SMILES string of the molecule is CCCCCCCCCCCCc1ccccc1O.[Ca+2].[H-].[H-]. The summed E-state index contributed by atoms with van der Waals surface area (Å²) in [6.45, 7) is 2.27. The van der Waals surface area contributed by atoms with Gasteiger partial charge in [0.2, 0.25) is 0 Å². The van der Waals surface area contributed by atoms with Gasteiger partial charge in [0.25, 0.3) is 0 Å². The topological polar surface area (TPSA) is 20.2 Å². The molecular formula is C18H32CaO. The van der Waals surface area contributed by atoms with E-state index in [2.05, 4.69) is 6.92 Å². The first-order valence-electron chi connectivity index (χ1n) is 8.11. The fraction of sp³-hybridized carbons (Fsp3) is 0.667. The summed E-state index contributed by atoms with van der Waals surface area (Å²) in [7, 11) is 0. The number of benzene rings is 1. The maximum absolute atomic E-state index is 9.65. The van der Waals surface area contributed by atoms with Crippen LogP contribution in [0.25, 0.3) is 0 Å². The minimum absolute atomic E-state index is 0. The summed E-state index contributed by atoms with van der Waals surface area (Å²) in [5.41, 5.74) is 1.10. The number of para-hydroxylation sites is 1. The van der Waals surface area contributed by atoms with Gasteiger partial charge in [-0.25, -0.2) is 0 Å². The summed E-state index contributed by atoms with van der Waals surface area (Å²) >= 11 is 0. The number of unbranched alkanes of at least 4 members (excludes halogenated alkanes) is 9. The number of aryl methyl sites for hydroxylation is 1. The Balaban J connectivity index is -0.00000120. The molecule has 0 aliphatic rings. The van der Waals surface area contributed by atoms with E-state index >= 15 is 0 Å². The molecule has 1 aromatic carbocycles. The van der Waals surface area contributed by atoms with Gasteiger partial charge in [-0.3, -0.25) is 0 Å². The third-order valence-corrected chi connectivity index (χ3v) is 3.79. The molecule has 2 heteroatoms. The van der Waals surface area contributed by atoms with Gasteiger partial charge < -0.3 is 7.96 Å². The van der Waals surface area contributed by atoms with Crippen LogP contribution < -0.4 is 0 Å². The molecule has 0 amide bonds. The zero-order valence-corrected chi connectivity index (χ0v) is 15.5. The second kappa shape index (κ2) is 14.2. The Labute approximate surface area is 158 Å². The van der Waals surface area contributed by atoms with Crippen LogP contribution in [-0.4, -0.2) is 42.8 Å². The Kier molecular flexibility index (Phi) is 14.4. The molecule has 1 aromatic rings. The van der Waals surface area contributed by atoms with Gasteiger partial charge in [0.15, 0.2) is 0 Å². The van der Waals surface area contributed by atoms with E-state index in [-0.39, 0.29) is 40.6 Å².